The second-order valence-electron chi connectivity index (χ2n) is 8.23. The number of benzene rings is 3. The SMILES string of the molecule is CCOc1cc(/C=C2\SC(=N)[C@H](c3nnc(CC)s3)C2=O)ccc1OCc1cccc2ccccc12. The van der Waals surface area contributed by atoms with Gasteiger partial charge in [0.1, 0.15) is 22.5 Å². The first-order valence-corrected chi connectivity index (χ1v) is 13.4. The molecule has 1 atom stereocenters. The molecular weight excluding hydrogens is 490 g/mol. The molecular formula is C28H25N3O3S2. The van der Waals surface area contributed by atoms with Gasteiger partial charge in [-0.3, -0.25) is 10.2 Å². The maximum Gasteiger partial charge on any atom is 0.186 e. The molecule has 4 aromatic rings. The summed E-state index contributed by atoms with van der Waals surface area (Å²) in [4.78, 5) is 13.6. The van der Waals surface area contributed by atoms with E-state index in [0.29, 0.717) is 34.6 Å². The molecule has 1 fully saturated rings. The normalized spacial score (nSPS) is 16.7. The second-order valence-corrected chi connectivity index (χ2v) is 10.4. The molecule has 5 rings (SSSR count). The average molecular weight is 516 g/mol. The lowest BCUT2D eigenvalue weighted by Crippen LogP contribution is -2.11. The van der Waals surface area contributed by atoms with Crippen molar-refractivity contribution in [3.05, 3.63) is 86.7 Å². The predicted molar refractivity (Wildman–Crippen MR) is 146 cm³/mol. The van der Waals surface area contributed by atoms with E-state index in [9.17, 15) is 4.79 Å². The van der Waals surface area contributed by atoms with Crippen LogP contribution < -0.4 is 9.47 Å². The first-order valence-electron chi connectivity index (χ1n) is 11.8. The van der Waals surface area contributed by atoms with Crippen LogP contribution in [0.15, 0.2) is 65.6 Å². The predicted octanol–water partition coefficient (Wildman–Crippen LogP) is 6.65. The first-order chi connectivity index (χ1) is 17.6. The Kier molecular flexibility index (Phi) is 7.16. The van der Waals surface area contributed by atoms with E-state index in [2.05, 4.69) is 34.5 Å². The summed E-state index contributed by atoms with van der Waals surface area (Å²) in [6, 6.07) is 20.1. The molecule has 3 aromatic carbocycles. The van der Waals surface area contributed by atoms with E-state index in [0.717, 1.165) is 27.9 Å². The molecule has 1 saturated heterocycles. The Balaban J connectivity index is 1.37. The molecule has 0 radical (unpaired) electrons. The van der Waals surface area contributed by atoms with Crippen molar-refractivity contribution in [2.75, 3.05) is 6.61 Å². The number of carbonyl (C=O) groups excluding carboxylic acids is 1. The van der Waals surface area contributed by atoms with Crippen molar-refractivity contribution in [1.82, 2.24) is 10.2 Å². The molecule has 36 heavy (non-hydrogen) atoms. The van der Waals surface area contributed by atoms with E-state index in [1.54, 1.807) is 6.08 Å². The monoisotopic (exact) mass is 515 g/mol. The number of aryl methyl sites for hydroxylation is 1. The number of nitrogens with zero attached hydrogens (tertiary/aromatic N) is 2. The molecule has 0 aliphatic carbocycles. The zero-order valence-electron chi connectivity index (χ0n) is 20.0. The highest BCUT2D eigenvalue weighted by Gasteiger charge is 2.39. The van der Waals surface area contributed by atoms with Crippen LogP contribution in [-0.2, 0) is 17.8 Å². The molecule has 1 aliphatic heterocycles. The highest BCUT2D eigenvalue weighted by atomic mass is 32.2. The third kappa shape index (κ3) is 4.92. The number of carbonyl (C=O) groups is 1. The number of rotatable bonds is 8. The van der Waals surface area contributed by atoms with E-state index in [4.69, 9.17) is 14.9 Å². The third-order valence-corrected chi connectivity index (χ3v) is 7.97. The van der Waals surface area contributed by atoms with Gasteiger partial charge in [-0.2, -0.15) is 0 Å². The number of fused-ring (bicyclic) bond motifs is 1. The fourth-order valence-corrected chi connectivity index (χ4v) is 6.02. The molecule has 0 bridgehead atoms. The summed E-state index contributed by atoms with van der Waals surface area (Å²) in [5.41, 5.74) is 1.91. The van der Waals surface area contributed by atoms with Gasteiger partial charge in [0, 0.05) is 0 Å². The zero-order chi connectivity index (χ0) is 25.1. The first kappa shape index (κ1) is 24.2. The number of thioether (sulfide) groups is 1. The van der Waals surface area contributed by atoms with E-state index < -0.39 is 5.92 Å². The average Bonchev–Trinajstić information content (AvgIpc) is 3.47. The standard InChI is InChI=1S/C28H25N3O3S2/c1-3-24-30-31-28(36-24)25-26(32)23(35-27(25)29)15-17-12-13-21(22(14-17)33-4-2)34-16-19-10-7-9-18-8-5-6-11-20(18)19/h5-15,25,29H,3-4,16H2,1-2H3/b23-15-,29-27?/t25-/m1/s1. The van der Waals surface area contributed by atoms with Crippen LogP contribution in [0, 0.1) is 5.41 Å². The highest BCUT2D eigenvalue weighted by Crippen LogP contribution is 2.42. The van der Waals surface area contributed by atoms with Crippen LogP contribution in [0.5, 0.6) is 11.5 Å². The largest absolute Gasteiger partial charge is 0.490 e. The van der Waals surface area contributed by atoms with Crippen molar-refractivity contribution in [3.63, 3.8) is 0 Å². The van der Waals surface area contributed by atoms with E-state index in [-0.39, 0.29) is 10.8 Å². The zero-order valence-corrected chi connectivity index (χ0v) is 21.6. The Bertz CT molecular complexity index is 1470. The van der Waals surface area contributed by atoms with Gasteiger partial charge in [-0.15, -0.1) is 21.5 Å². The topological polar surface area (TPSA) is 85.2 Å². The van der Waals surface area contributed by atoms with Gasteiger partial charge in [0.05, 0.1) is 16.6 Å². The quantitative estimate of drug-likeness (QED) is 0.265. The van der Waals surface area contributed by atoms with E-state index in [1.165, 1.54) is 28.5 Å². The second kappa shape index (κ2) is 10.6. The molecule has 0 saturated carbocycles. The number of ketones is 1. The Morgan fingerprint density at radius 3 is 2.64 bits per heavy atom. The molecule has 0 amide bonds. The summed E-state index contributed by atoms with van der Waals surface area (Å²) < 4.78 is 12.0. The smallest absolute Gasteiger partial charge is 0.186 e. The Morgan fingerprint density at radius 2 is 1.83 bits per heavy atom. The lowest BCUT2D eigenvalue weighted by molar-refractivity contribution is -0.114. The van der Waals surface area contributed by atoms with Gasteiger partial charge >= 0.3 is 0 Å². The molecule has 2 heterocycles. The lowest BCUT2D eigenvalue weighted by atomic mass is 10.0. The minimum absolute atomic E-state index is 0.113. The number of aromatic nitrogens is 2. The van der Waals surface area contributed by atoms with Gasteiger partial charge < -0.3 is 9.47 Å². The van der Waals surface area contributed by atoms with Crippen LogP contribution >= 0.6 is 23.1 Å². The summed E-state index contributed by atoms with van der Waals surface area (Å²) in [6.07, 6.45) is 2.57. The van der Waals surface area contributed by atoms with Crippen molar-refractivity contribution in [2.24, 2.45) is 0 Å². The Morgan fingerprint density at radius 1 is 1.00 bits per heavy atom. The van der Waals surface area contributed by atoms with Gasteiger partial charge in [-0.1, -0.05) is 67.2 Å². The van der Waals surface area contributed by atoms with Crippen LogP contribution in [0.25, 0.3) is 16.8 Å². The van der Waals surface area contributed by atoms with Crippen LogP contribution in [0.3, 0.4) is 0 Å². The summed E-state index contributed by atoms with van der Waals surface area (Å²) in [5, 5.41) is 20.7. The van der Waals surface area contributed by atoms with Gasteiger partial charge in [0.25, 0.3) is 0 Å². The van der Waals surface area contributed by atoms with Gasteiger partial charge in [-0.05, 0) is 53.5 Å². The summed E-state index contributed by atoms with van der Waals surface area (Å²) in [5.74, 6) is 0.488. The molecule has 1 aromatic heterocycles. The molecule has 1 N–H and O–H groups in total. The van der Waals surface area contributed by atoms with Gasteiger partial charge in [-0.25, -0.2) is 0 Å². The van der Waals surface area contributed by atoms with Crippen LogP contribution in [0.4, 0.5) is 0 Å². The number of hydrogen-bond acceptors (Lipinski definition) is 8. The summed E-state index contributed by atoms with van der Waals surface area (Å²) in [6.45, 7) is 4.82. The summed E-state index contributed by atoms with van der Waals surface area (Å²) >= 11 is 2.58. The Hall–Kier alpha value is -3.49. The molecule has 6 nitrogen and oxygen atoms in total. The highest BCUT2D eigenvalue weighted by molar-refractivity contribution is 8.19. The van der Waals surface area contributed by atoms with Crippen molar-refractivity contribution < 1.29 is 14.3 Å². The maximum atomic E-state index is 13.1. The van der Waals surface area contributed by atoms with Crippen LogP contribution in [-0.4, -0.2) is 27.6 Å². The molecule has 8 heteroatoms. The van der Waals surface area contributed by atoms with Crippen molar-refractivity contribution in [3.8, 4) is 11.5 Å². The van der Waals surface area contributed by atoms with E-state index >= 15 is 0 Å². The Labute approximate surface area is 217 Å². The number of hydrogen-bond donors (Lipinski definition) is 1. The lowest BCUT2D eigenvalue weighted by Gasteiger charge is -2.14. The van der Waals surface area contributed by atoms with Gasteiger partial charge in [0.15, 0.2) is 17.3 Å². The number of allylic oxidation sites excluding steroid dienone is 1. The van der Waals surface area contributed by atoms with Gasteiger partial charge in [0.2, 0.25) is 0 Å². The fourth-order valence-electron chi connectivity index (χ4n) is 4.07. The number of ether oxygens (including phenoxy) is 2. The van der Waals surface area contributed by atoms with E-state index in [1.807, 2.05) is 50.2 Å². The minimum Gasteiger partial charge on any atom is -0.490 e. The van der Waals surface area contributed by atoms with Crippen molar-refractivity contribution in [1.29, 1.82) is 5.41 Å². The number of Topliss-reactive ketones (excluding diaryl/α,β-unsaturated/α-hetero) is 1. The maximum absolute atomic E-state index is 13.1. The molecule has 0 spiro atoms. The summed E-state index contributed by atoms with van der Waals surface area (Å²) in [7, 11) is 0. The number of nitrogens with one attached hydrogen (secondary N) is 1. The molecule has 182 valence electrons. The molecule has 0 unspecified atom stereocenters. The van der Waals surface area contributed by atoms with Crippen molar-refractivity contribution >= 4 is 50.8 Å². The molecule has 1 aliphatic rings. The minimum atomic E-state index is -0.659. The van der Waals surface area contributed by atoms with Crippen molar-refractivity contribution in [2.45, 2.75) is 32.8 Å². The van der Waals surface area contributed by atoms with Crippen LogP contribution in [0.2, 0.25) is 0 Å². The third-order valence-electron chi connectivity index (χ3n) is 5.85. The van der Waals surface area contributed by atoms with Crippen LogP contribution in [0.1, 0.15) is 40.9 Å². The fraction of sp³-hybridized carbons (Fsp3) is 0.214.